The average Bonchev–Trinajstić information content (AvgIpc) is 2.79. The van der Waals surface area contributed by atoms with Crippen molar-refractivity contribution < 1.29 is 22.7 Å². The van der Waals surface area contributed by atoms with Gasteiger partial charge < -0.3 is 10.1 Å². The number of hydrogen-bond donors (Lipinski definition) is 1. The fourth-order valence-corrected chi connectivity index (χ4v) is 4.43. The molecule has 0 heterocycles. The number of amides is 1. The minimum Gasteiger partial charge on any atom is -0.452 e. The number of rotatable bonds is 8. The lowest BCUT2D eigenvalue weighted by molar-refractivity contribution is -0.119. The molecule has 0 aliphatic carbocycles. The van der Waals surface area contributed by atoms with Crippen molar-refractivity contribution in [3.05, 3.63) is 94.5 Å². The first-order valence-electron chi connectivity index (χ1n) is 9.99. The number of para-hydroxylation sites is 1. The zero-order valence-corrected chi connectivity index (χ0v) is 19.7. The summed E-state index contributed by atoms with van der Waals surface area (Å²) in [6.07, 6.45) is 0.630. The van der Waals surface area contributed by atoms with E-state index in [0.717, 1.165) is 21.5 Å². The maximum Gasteiger partial charge on any atom is 0.338 e. The van der Waals surface area contributed by atoms with Gasteiger partial charge in [0.2, 0.25) is 10.0 Å². The molecule has 0 aliphatic rings. The molecule has 3 aromatic rings. The van der Waals surface area contributed by atoms with E-state index in [4.69, 9.17) is 16.3 Å². The van der Waals surface area contributed by atoms with Crippen molar-refractivity contribution in [1.29, 1.82) is 0 Å². The van der Waals surface area contributed by atoms with Crippen LogP contribution in [0.25, 0.3) is 0 Å². The molecule has 0 unspecified atom stereocenters. The Bertz CT molecular complexity index is 1260. The minimum absolute atomic E-state index is 0.0204. The molecule has 3 aromatic carbocycles. The fourth-order valence-electron chi connectivity index (χ4n) is 3.04. The number of nitrogens with zero attached hydrogens (tertiary/aromatic N) is 1. The van der Waals surface area contributed by atoms with Gasteiger partial charge in [-0.2, -0.15) is 0 Å². The molecule has 0 saturated carbocycles. The van der Waals surface area contributed by atoms with Gasteiger partial charge >= 0.3 is 5.97 Å². The number of anilines is 1. The number of carbonyl (C=O) groups is 2. The van der Waals surface area contributed by atoms with Crippen LogP contribution in [-0.2, 0) is 26.0 Å². The first-order valence-corrected chi connectivity index (χ1v) is 11.8. The summed E-state index contributed by atoms with van der Waals surface area (Å²) in [5, 5.41) is 2.74. The zero-order chi connectivity index (χ0) is 24.0. The highest BCUT2D eigenvalue weighted by Gasteiger charge is 2.23. The summed E-state index contributed by atoms with van der Waals surface area (Å²) in [6.45, 7) is -0.531. The van der Waals surface area contributed by atoms with Crippen molar-refractivity contribution >= 4 is 39.2 Å². The second-order valence-corrected chi connectivity index (χ2v) is 9.90. The van der Waals surface area contributed by atoms with Crippen molar-refractivity contribution in [1.82, 2.24) is 4.31 Å². The summed E-state index contributed by atoms with van der Waals surface area (Å²) in [7, 11) is -1.14. The number of halogens is 1. The number of carbonyl (C=O) groups excluding carboxylic acids is 2. The van der Waals surface area contributed by atoms with Crippen molar-refractivity contribution in [3.8, 4) is 0 Å². The van der Waals surface area contributed by atoms with Crippen molar-refractivity contribution in [2.75, 3.05) is 26.0 Å². The average molecular weight is 487 g/mol. The van der Waals surface area contributed by atoms with Crippen molar-refractivity contribution in [2.45, 2.75) is 11.3 Å². The number of hydrogen-bond acceptors (Lipinski definition) is 5. The van der Waals surface area contributed by atoms with Crippen LogP contribution in [0.4, 0.5) is 5.69 Å². The molecule has 0 saturated heterocycles. The van der Waals surface area contributed by atoms with Crippen LogP contribution in [0.5, 0.6) is 0 Å². The van der Waals surface area contributed by atoms with E-state index >= 15 is 0 Å². The van der Waals surface area contributed by atoms with E-state index in [-0.39, 0.29) is 15.5 Å². The Morgan fingerprint density at radius 2 is 1.64 bits per heavy atom. The molecule has 172 valence electrons. The Hall–Kier alpha value is -3.20. The molecule has 0 aliphatic heterocycles. The standard InChI is InChI=1S/C24H23ClN2O5S/c1-27(2)33(30,31)22-15-19(12-13-20(22)25)24(29)32-16-23(28)26-21-11-7-6-10-18(21)14-17-8-4-3-5-9-17/h3-13,15H,14,16H2,1-2H3,(H,26,28). The summed E-state index contributed by atoms with van der Waals surface area (Å²) < 4.78 is 30.8. The Labute approximate surface area is 198 Å². The summed E-state index contributed by atoms with van der Waals surface area (Å²) in [4.78, 5) is 24.6. The molecule has 9 heteroatoms. The Morgan fingerprint density at radius 3 is 2.33 bits per heavy atom. The zero-order valence-electron chi connectivity index (χ0n) is 18.1. The van der Waals surface area contributed by atoms with Crippen molar-refractivity contribution in [3.63, 3.8) is 0 Å². The second kappa shape index (κ2) is 10.6. The quantitative estimate of drug-likeness (QED) is 0.486. The molecule has 0 fully saturated rings. The van der Waals surface area contributed by atoms with Crippen LogP contribution in [0.3, 0.4) is 0 Å². The van der Waals surface area contributed by atoms with Gasteiger partial charge in [0.25, 0.3) is 5.91 Å². The maximum atomic E-state index is 12.4. The summed E-state index contributed by atoms with van der Waals surface area (Å²) in [6, 6.07) is 21.0. The van der Waals surface area contributed by atoms with Gasteiger partial charge in [-0.05, 0) is 41.8 Å². The lowest BCUT2D eigenvalue weighted by Crippen LogP contribution is -2.23. The van der Waals surface area contributed by atoms with Crippen LogP contribution >= 0.6 is 11.6 Å². The summed E-state index contributed by atoms with van der Waals surface area (Å²) in [5.74, 6) is -1.35. The van der Waals surface area contributed by atoms with Crippen LogP contribution in [0.1, 0.15) is 21.5 Å². The van der Waals surface area contributed by atoms with Gasteiger partial charge in [-0.25, -0.2) is 17.5 Å². The highest BCUT2D eigenvalue weighted by atomic mass is 35.5. The second-order valence-electron chi connectivity index (χ2n) is 7.38. The number of sulfonamides is 1. The van der Waals surface area contributed by atoms with Gasteiger partial charge in [0.05, 0.1) is 10.6 Å². The van der Waals surface area contributed by atoms with Crippen LogP contribution in [-0.4, -0.2) is 45.3 Å². The van der Waals surface area contributed by atoms with Gasteiger partial charge in [0.1, 0.15) is 4.90 Å². The number of esters is 1. The van der Waals surface area contributed by atoms with E-state index in [9.17, 15) is 18.0 Å². The first-order chi connectivity index (χ1) is 15.7. The Kier molecular flexibility index (Phi) is 7.86. The van der Waals surface area contributed by atoms with Gasteiger partial charge in [0.15, 0.2) is 6.61 Å². The molecule has 1 N–H and O–H groups in total. The van der Waals surface area contributed by atoms with E-state index in [1.165, 1.54) is 26.2 Å². The molecule has 33 heavy (non-hydrogen) atoms. The van der Waals surface area contributed by atoms with Gasteiger partial charge in [-0.3, -0.25) is 4.79 Å². The third-order valence-electron chi connectivity index (χ3n) is 4.79. The largest absolute Gasteiger partial charge is 0.452 e. The molecule has 0 radical (unpaired) electrons. The molecule has 7 nitrogen and oxygen atoms in total. The first kappa shape index (κ1) is 24.4. The predicted molar refractivity (Wildman–Crippen MR) is 127 cm³/mol. The SMILES string of the molecule is CN(C)S(=O)(=O)c1cc(C(=O)OCC(=O)Nc2ccccc2Cc2ccccc2)ccc1Cl. The Balaban J connectivity index is 1.66. The fraction of sp³-hybridized carbons (Fsp3) is 0.167. The lowest BCUT2D eigenvalue weighted by Gasteiger charge is -2.14. The maximum absolute atomic E-state index is 12.4. The van der Waals surface area contributed by atoms with E-state index < -0.39 is 28.5 Å². The molecular formula is C24H23ClN2O5S. The highest BCUT2D eigenvalue weighted by molar-refractivity contribution is 7.89. The van der Waals surface area contributed by atoms with Gasteiger partial charge in [0, 0.05) is 19.8 Å². The van der Waals surface area contributed by atoms with Crippen LogP contribution < -0.4 is 5.32 Å². The molecule has 0 atom stereocenters. The van der Waals surface area contributed by atoms with Crippen LogP contribution in [0.2, 0.25) is 5.02 Å². The molecule has 3 rings (SSSR count). The minimum atomic E-state index is -3.85. The predicted octanol–water partition coefficient (Wildman–Crippen LogP) is 3.98. The topological polar surface area (TPSA) is 92.8 Å². The monoisotopic (exact) mass is 486 g/mol. The van der Waals surface area contributed by atoms with Crippen LogP contribution in [0.15, 0.2) is 77.7 Å². The number of benzene rings is 3. The van der Waals surface area contributed by atoms with E-state index in [1.807, 2.05) is 42.5 Å². The van der Waals surface area contributed by atoms with Crippen molar-refractivity contribution in [2.24, 2.45) is 0 Å². The highest BCUT2D eigenvalue weighted by Crippen LogP contribution is 2.25. The third kappa shape index (κ3) is 6.19. The van der Waals surface area contributed by atoms with Crippen LogP contribution in [0, 0.1) is 0 Å². The van der Waals surface area contributed by atoms with E-state index in [1.54, 1.807) is 12.1 Å². The third-order valence-corrected chi connectivity index (χ3v) is 7.09. The lowest BCUT2D eigenvalue weighted by atomic mass is 10.0. The van der Waals surface area contributed by atoms with Gasteiger partial charge in [-0.15, -0.1) is 0 Å². The summed E-state index contributed by atoms with van der Waals surface area (Å²) in [5.41, 5.74) is 2.60. The molecule has 0 bridgehead atoms. The van der Waals surface area contributed by atoms with E-state index in [0.29, 0.717) is 12.1 Å². The number of ether oxygens (including phenoxy) is 1. The summed E-state index contributed by atoms with van der Waals surface area (Å²) >= 11 is 6.00. The Morgan fingerprint density at radius 1 is 0.970 bits per heavy atom. The number of nitrogens with one attached hydrogen (secondary N) is 1. The van der Waals surface area contributed by atoms with Gasteiger partial charge in [-0.1, -0.05) is 60.1 Å². The van der Waals surface area contributed by atoms with E-state index in [2.05, 4.69) is 5.32 Å². The molecular weight excluding hydrogens is 464 g/mol. The molecule has 0 spiro atoms. The smallest absolute Gasteiger partial charge is 0.338 e. The molecule has 1 amide bonds. The molecule has 0 aromatic heterocycles. The normalized spacial score (nSPS) is 11.3.